The molecule has 0 aromatic carbocycles. The first-order chi connectivity index (χ1) is 7.99. The van der Waals surface area contributed by atoms with E-state index < -0.39 is 15.3 Å². The van der Waals surface area contributed by atoms with E-state index in [4.69, 9.17) is 5.26 Å². The van der Waals surface area contributed by atoms with Gasteiger partial charge in [0, 0.05) is 6.54 Å². The molecule has 1 aliphatic rings. The molecule has 0 amide bonds. The van der Waals surface area contributed by atoms with Gasteiger partial charge < -0.3 is 4.90 Å². The van der Waals surface area contributed by atoms with Crippen molar-refractivity contribution >= 4 is 10.0 Å². The monoisotopic (exact) mass is 259 g/mol. The minimum absolute atomic E-state index is 0.401. The molecule has 0 aromatic rings. The molecule has 1 fully saturated rings. The summed E-state index contributed by atoms with van der Waals surface area (Å²) in [5, 5.41) is 7.62. The van der Waals surface area contributed by atoms with E-state index in [1.165, 1.54) is 6.92 Å². The standard InChI is InChI=1S/C11H21N3O2S/c1-3-14-6-4-11(5-7-14)9-13-17(15,16)10(2)8-12/h10-11,13H,3-7,9H2,1-2H3. The molecule has 1 aliphatic heterocycles. The predicted molar refractivity (Wildman–Crippen MR) is 66.8 cm³/mol. The lowest BCUT2D eigenvalue weighted by Crippen LogP contribution is -2.40. The second kappa shape index (κ2) is 6.34. The lowest BCUT2D eigenvalue weighted by Gasteiger charge is -2.31. The third-order valence-electron chi connectivity index (χ3n) is 3.37. The summed E-state index contributed by atoms with van der Waals surface area (Å²) < 4.78 is 25.7. The zero-order valence-corrected chi connectivity index (χ0v) is 11.3. The second-order valence-electron chi connectivity index (χ2n) is 4.54. The number of likely N-dealkylation sites (tertiary alicyclic amines) is 1. The Morgan fingerprint density at radius 2 is 2.06 bits per heavy atom. The number of sulfonamides is 1. The van der Waals surface area contributed by atoms with Crippen molar-refractivity contribution in [2.75, 3.05) is 26.2 Å². The van der Waals surface area contributed by atoms with Gasteiger partial charge in [0.25, 0.3) is 0 Å². The van der Waals surface area contributed by atoms with E-state index in [9.17, 15) is 8.42 Å². The van der Waals surface area contributed by atoms with Gasteiger partial charge in [-0.25, -0.2) is 13.1 Å². The maximum absolute atomic E-state index is 11.6. The Bertz CT molecular complexity index is 367. The molecule has 1 unspecified atom stereocenters. The zero-order chi connectivity index (χ0) is 12.9. The quantitative estimate of drug-likeness (QED) is 0.782. The van der Waals surface area contributed by atoms with E-state index in [0.29, 0.717) is 12.5 Å². The SMILES string of the molecule is CCN1CCC(CNS(=O)(=O)C(C)C#N)CC1. The van der Waals surface area contributed by atoms with Crippen LogP contribution in [0.5, 0.6) is 0 Å². The van der Waals surface area contributed by atoms with Crippen molar-refractivity contribution in [2.45, 2.75) is 31.9 Å². The number of nitrogens with zero attached hydrogens (tertiary/aromatic N) is 2. The van der Waals surface area contributed by atoms with Crippen molar-refractivity contribution in [1.29, 1.82) is 5.26 Å². The van der Waals surface area contributed by atoms with Crippen LogP contribution in [0.2, 0.25) is 0 Å². The van der Waals surface area contributed by atoms with E-state index >= 15 is 0 Å². The van der Waals surface area contributed by atoms with Gasteiger partial charge in [-0.15, -0.1) is 0 Å². The lowest BCUT2D eigenvalue weighted by molar-refractivity contribution is 0.193. The van der Waals surface area contributed by atoms with E-state index in [2.05, 4.69) is 16.5 Å². The van der Waals surface area contributed by atoms with E-state index in [1.807, 2.05) is 0 Å². The molecule has 1 N–H and O–H groups in total. The van der Waals surface area contributed by atoms with Gasteiger partial charge in [-0.2, -0.15) is 5.26 Å². The van der Waals surface area contributed by atoms with Gasteiger partial charge in [0.05, 0.1) is 6.07 Å². The van der Waals surface area contributed by atoms with Crippen LogP contribution in [0.15, 0.2) is 0 Å². The van der Waals surface area contributed by atoms with E-state index in [0.717, 1.165) is 32.5 Å². The highest BCUT2D eigenvalue weighted by molar-refractivity contribution is 7.90. The molecule has 1 rings (SSSR count). The highest BCUT2D eigenvalue weighted by atomic mass is 32.2. The minimum atomic E-state index is -3.45. The fourth-order valence-electron chi connectivity index (χ4n) is 1.94. The molecule has 0 aromatic heterocycles. The Kier molecular flexibility index (Phi) is 5.37. The Balaban J connectivity index is 2.36. The first kappa shape index (κ1) is 14.4. The van der Waals surface area contributed by atoms with Gasteiger partial charge in [-0.05, 0) is 45.3 Å². The minimum Gasteiger partial charge on any atom is -0.304 e. The molecule has 1 heterocycles. The lowest BCUT2D eigenvalue weighted by atomic mass is 9.97. The van der Waals surface area contributed by atoms with Crippen molar-refractivity contribution < 1.29 is 8.42 Å². The molecule has 6 heteroatoms. The van der Waals surface area contributed by atoms with Crippen molar-refractivity contribution in [1.82, 2.24) is 9.62 Å². The third-order valence-corrected chi connectivity index (χ3v) is 4.98. The molecule has 0 radical (unpaired) electrons. The summed E-state index contributed by atoms with van der Waals surface area (Å²) in [5.74, 6) is 0.401. The topological polar surface area (TPSA) is 73.2 Å². The van der Waals surface area contributed by atoms with Gasteiger partial charge in [-0.1, -0.05) is 6.92 Å². The predicted octanol–water partition coefficient (Wildman–Crippen LogP) is 0.550. The van der Waals surface area contributed by atoms with Crippen LogP contribution in [-0.4, -0.2) is 44.7 Å². The molecule has 0 spiro atoms. The van der Waals surface area contributed by atoms with Crippen molar-refractivity contribution in [3.8, 4) is 6.07 Å². The molecular formula is C11H21N3O2S. The van der Waals surface area contributed by atoms with Gasteiger partial charge in [0.15, 0.2) is 5.25 Å². The summed E-state index contributed by atoms with van der Waals surface area (Å²) in [4.78, 5) is 2.36. The maximum atomic E-state index is 11.6. The first-order valence-corrected chi connectivity index (χ1v) is 7.64. The summed E-state index contributed by atoms with van der Waals surface area (Å²) in [6.45, 7) is 7.14. The molecule has 5 nitrogen and oxygen atoms in total. The van der Waals surface area contributed by atoms with Gasteiger partial charge >= 0.3 is 0 Å². The summed E-state index contributed by atoms with van der Waals surface area (Å²) in [6, 6.07) is 1.75. The van der Waals surface area contributed by atoms with Crippen LogP contribution in [0.25, 0.3) is 0 Å². The molecule has 1 saturated heterocycles. The molecule has 17 heavy (non-hydrogen) atoms. The summed E-state index contributed by atoms with van der Waals surface area (Å²) in [5.41, 5.74) is 0. The number of hydrogen-bond acceptors (Lipinski definition) is 4. The van der Waals surface area contributed by atoms with Crippen molar-refractivity contribution in [2.24, 2.45) is 5.92 Å². The number of nitrogens with one attached hydrogen (secondary N) is 1. The number of rotatable bonds is 5. The molecule has 1 atom stereocenters. The zero-order valence-electron chi connectivity index (χ0n) is 10.5. The first-order valence-electron chi connectivity index (χ1n) is 6.10. The highest BCUT2D eigenvalue weighted by Gasteiger charge is 2.23. The van der Waals surface area contributed by atoms with Crippen LogP contribution in [0.1, 0.15) is 26.7 Å². The molecule has 0 aliphatic carbocycles. The summed E-state index contributed by atoms with van der Waals surface area (Å²) >= 11 is 0. The van der Waals surface area contributed by atoms with Crippen LogP contribution < -0.4 is 4.72 Å². The molecule has 98 valence electrons. The smallest absolute Gasteiger partial charge is 0.227 e. The van der Waals surface area contributed by atoms with Crippen LogP contribution in [0.3, 0.4) is 0 Å². The Labute approximate surface area is 104 Å². The second-order valence-corrected chi connectivity index (χ2v) is 6.63. The largest absolute Gasteiger partial charge is 0.304 e. The highest BCUT2D eigenvalue weighted by Crippen LogP contribution is 2.16. The molecule has 0 saturated carbocycles. The fourth-order valence-corrected chi connectivity index (χ4v) is 2.79. The number of nitriles is 1. The maximum Gasteiger partial charge on any atom is 0.227 e. The average molecular weight is 259 g/mol. The third kappa shape index (κ3) is 4.26. The van der Waals surface area contributed by atoms with E-state index in [-0.39, 0.29) is 0 Å². The average Bonchev–Trinajstić information content (AvgIpc) is 2.36. The van der Waals surface area contributed by atoms with Gasteiger partial charge in [0.2, 0.25) is 10.0 Å². The Morgan fingerprint density at radius 1 is 1.47 bits per heavy atom. The summed E-state index contributed by atoms with van der Waals surface area (Å²) in [6.07, 6.45) is 2.05. The van der Waals surface area contributed by atoms with Gasteiger partial charge in [0.1, 0.15) is 0 Å². The molecule has 0 bridgehead atoms. The Morgan fingerprint density at radius 3 is 2.53 bits per heavy atom. The van der Waals surface area contributed by atoms with Crippen molar-refractivity contribution in [3.05, 3.63) is 0 Å². The Hall–Kier alpha value is -0.640. The number of hydrogen-bond donors (Lipinski definition) is 1. The molecular weight excluding hydrogens is 238 g/mol. The van der Waals surface area contributed by atoms with Crippen LogP contribution in [-0.2, 0) is 10.0 Å². The fraction of sp³-hybridized carbons (Fsp3) is 0.909. The van der Waals surface area contributed by atoms with Crippen LogP contribution in [0, 0.1) is 17.2 Å². The normalized spacial score (nSPS) is 21.0. The van der Waals surface area contributed by atoms with Crippen LogP contribution in [0.4, 0.5) is 0 Å². The summed E-state index contributed by atoms with van der Waals surface area (Å²) in [7, 11) is -3.45. The van der Waals surface area contributed by atoms with Gasteiger partial charge in [-0.3, -0.25) is 0 Å². The number of piperidine rings is 1. The van der Waals surface area contributed by atoms with Crippen molar-refractivity contribution in [3.63, 3.8) is 0 Å². The van der Waals surface area contributed by atoms with E-state index in [1.54, 1.807) is 6.07 Å². The van der Waals surface area contributed by atoms with Crippen LogP contribution >= 0.6 is 0 Å².